The number of rotatable bonds is 4. The van der Waals surface area contributed by atoms with Gasteiger partial charge in [-0.2, -0.15) is 0 Å². The summed E-state index contributed by atoms with van der Waals surface area (Å²) in [5, 5.41) is 5.72. The van der Waals surface area contributed by atoms with Gasteiger partial charge < -0.3 is 10.2 Å². The average molecular weight is 336 g/mol. The van der Waals surface area contributed by atoms with Gasteiger partial charge in [-0.15, -0.1) is 0 Å². The van der Waals surface area contributed by atoms with Gasteiger partial charge in [0.25, 0.3) is 0 Å². The van der Waals surface area contributed by atoms with Gasteiger partial charge in [-0.05, 0) is 30.5 Å². The number of amides is 3. The fraction of sp³-hybridized carbons (Fsp3) is 0.316. The Morgan fingerprint density at radius 1 is 1.16 bits per heavy atom. The lowest BCUT2D eigenvalue weighted by atomic mass is 10.1. The fourth-order valence-corrected chi connectivity index (χ4v) is 3.28. The topological polar surface area (TPSA) is 74.3 Å². The maximum absolute atomic E-state index is 12.1. The van der Waals surface area contributed by atoms with E-state index in [0.29, 0.717) is 18.2 Å². The minimum Gasteiger partial charge on any atom is -0.334 e. The average Bonchev–Trinajstić information content (AvgIpc) is 3.26. The molecule has 2 aliphatic rings. The molecule has 6 nitrogen and oxygen atoms in total. The molecule has 0 unspecified atom stereocenters. The highest BCUT2D eigenvalue weighted by molar-refractivity contribution is 5.95. The number of hydrogen-bond donors (Lipinski definition) is 2. The van der Waals surface area contributed by atoms with Gasteiger partial charge in [0.2, 0.25) is 5.91 Å². The predicted octanol–water partition coefficient (Wildman–Crippen LogP) is 2.89. The van der Waals surface area contributed by atoms with E-state index >= 15 is 0 Å². The zero-order valence-corrected chi connectivity index (χ0v) is 13.8. The minimum absolute atomic E-state index is 0.126. The van der Waals surface area contributed by atoms with Crippen LogP contribution in [-0.4, -0.2) is 29.5 Å². The Kier molecular flexibility index (Phi) is 4.09. The van der Waals surface area contributed by atoms with Crippen molar-refractivity contribution in [2.75, 3.05) is 16.8 Å². The molecule has 2 heterocycles. The van der Waals surface area contributed by atoms with E-state index in [9.17, 15) is 9.59 Å². The Balaban J connectivity index is 1.30. The molecule has 2 fully saturated rings. The Labute approximate surface area is 146 Å². The van der Waals surface area contributed by atoms with Gasteiger partial charge in [-0.25, -0.2) is 9.78 Å². The molecule has 25 heavy (non-hydrogen) atoms. The van der Waals surface area contributed by atoms with Gasteiger partial charge in [0, 0.05) is 24.9 Å². The first-order chi connectivity index (χ1) is 12.2. The maximum atomic E-state index is 12.1. The summed E-state index contributed by atoms with van der Waals surface area (Å²) in [7, 11) is 0. The predicted molar refractivity (Wildman–Crippen MR) is 95.6 cm³/mol. The van der Waals surface area contributed by atoms with Gasteiger partial charge in [0.1, 0.15) is 5.82 Å². The summed E-state index contributed by atoms with van der Waals surface area (Å²) in [5.41, 5.74) is 2.03. The molecule has 128 valence electrons. The number of hydrogen-bond acceptors (Lipinski definition) is 3. The van der Waals surface area contributed by atoms with Crippen molar-refractivity contribution in [2.24, 2.45) is 0 Å². The molecule has 1 aliphatic heterocycles. The molecular formula is C19H20N4O2. The van der Waals surface area contributed by atoms with Crippen LogP contribution >= 0.6 is 0 Å². The van der Waals surface area contributed by atoms with Crippen LogP contribution in [0.3, 0.4) is 0 Å². The van der Waals surface area contributed by atoms with Crippen molar-refractivity contribution in [3.8, 4) is 0 Å². The molecule has 2 aromatic rings. The van der Waals surface area contributed by atoms with Crippen LogP contribution in [0.2, 0.25) is 0 Å². The molecule has 1 aromatic carbocycles. The summed E-state index contributed by atoms with van der Waals surface area (Å²) in [6, 6.07) is 13.7. The van der Waals surface area contributed by atoms with E-state index in [1.807, 2.05) is 24.3 Å². The zero-order chi connectivity index (χ0) is 17.2. The maximum Gasteiger partial charge on any atom is 0.320 e. The fourth-order valence-electron chi connectivity index (χ4n) is 3.28. The molecule has 2 N–H and O–H groups in total. The highest BCUT2D eigenvalue weighted by atomic mass is 16.2. The van der Waals surface area contributed by atoms with Crippen LogP contribution in [0, 0.1) is 0 Å². The first kappa shape index (κ1) is 15.6. The highest BCUT2D eigenvalue weighted by Gasteiger charge is 2.39. The number of aromatic nitrogens is 1. The van der Waals surface area contributed by atoms with Crippen molar-refractivity contribution >= 4 is 23.4 Å². The third-order valence-corrected chi connectivity index (χ3v) is 4.71. The Bertz CT molecular complexity index is 776. The first-order valence-corrected chi connectivity index (χ1v) is 8.59. The summed E-state index contributed by atoms with van der Waals surface area (Å²) < 4.78 is 0. The van der Waals surface area contributed by atoms with Crippen molar-refractivity contribution in [3.63, 3.8) is 0 Å². The van der Waals surface area contributed by atoms with Crippen molar-refractivity contribution in [2.45, 2.75) is 31.2 Å². The van der Waals surface area contributed by atoms with Crippen LogP contribution in [0.15, 0.2) is 48.7 Å². The highest BCUT2D eigenvalue weighted by Crippen LogP contribution is 2.40. The normalized spacial score (nSPS) is 21.9. The van der Waals surface area contributed by atoms with Crippen molar-refractivity contribution in [1.29, 1.82) is 0 Å². The summed E-state index contributed by atoms with van der Waals surface area (Å²) in [5.74, 6) is 0.995. The Hall–Kier alpha value is -2.89. The zero-order valence-electron chi connectivity index (χ0n) is 13.8. The van der Waals surface area contributed by atoms with Crippen LogP contribution < -0.4 is 15.5 Å². The van der Waals surface area contributed by atoms with Crippen LogP contribution in [0.1, 0.15) is 30.7 Å². The van der Waals surface area contributed by atoms with E-state index in [4.69, 9.17) is 0 Å². The number of nitrogens with zero attached hydrogens (tertiary/aromatic N) is 2. The van der Waals surface area contributed by atoms with Crippen molar-refractivity contribution in [3.05, 3.63) is 54.2 Å². The molecule has 4 rings (SSSR count). The molecule has 1 aliphatic carbocycles. The first-order valence-electron chi connectivity index (χ1n) is 8.59. The van der Waals surface area contributed by atoms with Crippen molar-refractivity contribution in [1.82, 2.24) is 10.3 Å². The monoisotopic (exact) mass is 336 g/mol. The van der Waals surface area contributed by atoms with Gasteiger partial charge in [-0.3, -0.25) is 10.1 Å². The smallest absolute Gasteiger partial charge is 0.320 e. The van der Waals surface area contributed by atoms with Crippen LogP contribution in [0.5, 0.6) is 0 Å². The Morgan fingerprint density at radius 3 is 2.68 bits per heavy atom. The van der Waals surface area contributed by atoms with E-state index in [2.05, 4.69) is 27.8 Å². The second-order valence-corrected chi connectivity index (χ2v) is 6.51. The number of carbonyl (C=O) groups is 2. The molecular weight excluding hydrogens is 316 g/mol. The quantitative estimate of drug-likeness (QED) is 0.901. The standard InChI is InChI=1S/C19H20N4O2/c24-18-7-4-10-23(18)14-8-9-17(20-12-14)22-19(25)21-16-11-15(16)13-5-2-1-3-6-13/h1-3,5-6,8-9,12,15-16H,4,7,10-11H2,(H2,20,21,22,25)/t15-,16+/m0/s1. The van der Waals surface area contributed by atoms with E-state index in [-0.39, 0.29) is 18.0 Å². The summed E-state index contributed by atoms with van der Waals surface area (Å²) in [4.78, 5) is 29.8. The second kappa shape index (κ2) is 6.55. The number of anilines is 2. The third kappa shape index (κ3) is 3.47. The summed E-state index contributed by atoms with van der Waals surface area (Å²) in [6.07, 6.45) is 4.06. The largest absolute Gasteiger partial charge is 0.334 e. The van der Waals surface area contributed by atoms with Gasteiger partial charge >= 0.3 is 6.03 Å². The molecule has 0 radical (unpaired) electrons. The lowest BCUT2D eigenvalue weighted by Crippen LogP contribution is -2.31. The molecule has 1 aromatic heterocycles. The van der Waals surface area contributed by atoms with Crippen molar-refractivity contribution < 1.29 is 9.59 Å². The molecule has 6 heteroatoms. The van der Waals surface area contributed by atoms with E-state index in [1.165, 1.54) is 5.56 Å². The third-order valence-electron chi connectivity index (χ3n) is 4.71. The molecule has 0 bridgehead atoms. The lowest BCUT2D eigenvalue weighted by molar-refractivity contribution is -0.117. The lowest BCUT2D eigenvalue weighted by Gasteiger charge is -2.15. The summed E-state index contributed by atoms with van der Waals surface area (Å²) in [6.45, 7) is 0.732. The molecule has 1 saturated carbocycles. The molecule has 3 amide bonds. The molecule has 0 spiro atoms. The van der Waals surface area contributed by atoms with Gasteiger partial charge in [0.05, 0.1) is 11.9 Å². The van der Waals surface area contributed by atoms with Gasteiger partial charge in [-0.1, -0.05) is 30.3 Å². The summed E-state index contributed by atoms with van der Waals surface area (Å²) >= 11 is 0. The number of benzene rings is 1. The SMILES string of the molecule is O=C(Nc1ccc(N2CCCC2=O)cn1)N[C@@H]1C[C@H]1c1ccccc1. The van der Waals surface area contributed by atoms with E-state index in [1.54, 1.807) is 17.2 Å². The number of carbonyl (C=O) groups excluding carboxylic acids is 2. The van der Waals surface area contributed by atoms with Gasteiger partial charge in [0.15, 0.2) is 0 Å². The van der Waals surface area contributed by atoms with E-state index in [0.717, 1.165) is 25.1 Å². The van der Waals surface area contributed by atoms with Crippen LogP contribution in [0.4, 0.5) is 16.3 Å². The molecule has 2 atom stereocenters. The Morgan fingerprint density at radius 2 is 2.00 bits per heavy atom. The number of nitrogens with one attached hydrogen (secondary N) is 2. The minimum atomic E-state index is -0.249. The second-order valence-electron chi connectivity index (χ2n) is 6.51. The molecule has 1 saturated heterocycles. The number of pyridine rings is 1. The number of urea groups is 1. The van der Waals surface area contributed by atoms with Crippen LogP contribution in [0.25, 0.3) is 0 Å². The van der Waals surface area contributed by atoms with Crippen LogP contribution in [-0.2, 0) is 4.79 Å². The van der Waals surface area contributed by atoms with E-state index < -0.39 is 0 Å².